The molecule has 0 aromatic heterocycles. The molecule has 1 unspecified atom stereocenters. The molecule has 0 N–H and O–H groups in total. The Morgan fingerprint density at radius 1 is 1.15 bits per heavy atom. The van der Waals surface area contributed by atoms with Crippen LogP contribution in [0.4, 0.5) is 13.2 Å². The van der Waals surface area contributed by atoms with Gasteiger partial charge in [-0.3, -0.25) is 0 Å². The first-order valence-corrected chi connectivity index (χ1v) is 8.98. The Morgan fingerprint density at radius 2 is 1.74 bits per heavy atom. The van der Waals surface area contributed by atoms with E-state index < -0.39 is 17.7 Å². The van der Waals surface area contributed by atoms with Crippen LogP contribution in [0.25, 0.3) is 0 Å². The fourth-order valence-electron chi connectivity index (χ4n) is 2.63. The highest BCUT2D eigenvalue weighted by atomic mass is 35.5. The minimum absolute atomic E-state index is 0.0468. The van der Waals surface area contributed by atoms with Crippen molar-refractivity contribution in [3.8, 4) is 0 Å². The highest BCUT2D eigenvalue weighted by Crippen LogP contribution is 2.30. The van der Waals surface area contributed by atoms with Crippen LogP contribution in [-0.2, 0) is 17.4 Å². The van der Waals surface area contributed by atoms with E-state index in [1.165, 1.54) is 23.3 Å². The number of hydrogen-bond donors (Lipinski definition) is 0. The quantitative estimate of drug-likeness (QED) is 0.534. The molecule has 0 heterocycles. The van der Waals surface area contributed by atoms with Crippen LogP contribution < -0.4 is 0 Å². The molecule has 2 rings (SSSR count). The molecule has 27 heavy (non-hydrogen) atoms. The molecule has 146 valence electrons. The van der Waals surface area contributed by atoms with Crippen molar-refractivity contribution in [2.45, 2.75) is 32.5 Å². The maximum Gasteiger partial charge on any atom is 0.416 e. The van der Waals surface area contributed by atoms with E-state index in [0.717, 1.165) is 12.1 Å². The Labute approximate surface area is 165 Å². The van der Waals surface area contributed by atoms with Gasteiger partial charge in [-0.15, -0.1) is 5.06 Å². The molecule has 0 spiro atoms. The van der Waals surface area contributed by atoms with Crippen molar-refractivity contribution in [3.05, 3.63) is 69.2 Å². The summed E-state index contributed by atoms with van der Waals surface area (Å²) in [6.07, 6.45) is -4.14. The zero-order valence-corrected chi connectivity index (χ0v) is 16.2. The molecule has 2 aromatic carbocycles. The first kappa shape index (κ1) is 21.5. The summed E-state index contributed by atoms with van der Waals surface area (Å²) in [5.41, 5.74) is -0.178. The molecule has 0 saturated heterocycles. The Balaban J connectivity index is 2.12. The molecule has 0 amide bonds. The fraction of sp³-hybridized carbons (Fsp3) is 0.316. The summed E-state index contributed by atoms with van der Waals surface area (Å²) in [7, 11) is 0. The highest BCUT2D eigenvalue weighted by Gasteiger charge is 2.30. The van der Waals surface area contributed by atoms with Gasteiger partial charge in [0.05, 0.1) is 21.2 Å². The Hall–Kier alpha value is -1.76. The van der Waals surface area contributed by atoms with Gasteiger partial charge in [-0.2, -0.15) is 13.2 Å². The standard InChI is InChI=1S/C19H18Cl2F3NO2/c1-3-25(27-18(26)17-15(20)8-5-9-16(17)21)12(2)10-13-6-4-7-14(11-13)19(22,23)24/h4-9,11-12H,3,10H2,1-2H3. The second kappa shape index (κ2) is 8.95. The number of alkyl halides is 3. The SMILES string of the molecule is CCN(OC(=O)c1c(Cl)cccc1Cl)C(C)Cc1cccc(C(F)(F)F)c1. The van der Waals surface area contributed by atoms with Crippen LogP contribution in [0.1, 0.15) is 35.3 Å². The fourth-order valence-corrected chi connectivity index (χ4v) is 3.18. The normalized spacial score (nSPS) is 12.9. The van der Waals surface area contributed by atoms with Crippen molar-refractivity contribution >= 4 is 29.2 Å². The maximum atomic E-state index is 12.9. The van der Waals surface area contributed by atoms with Crippen LogP contribution in [0, 0.1) is 0 Å². The van der Waals surface area contributed by atoms with E-state index in [1.807, 2.05) is 0 Å². The van der Waals surface area contributed by atoms with Gasteiger partial charge in [0.25, 0.3) is 0 Å². The zero-order valence-electron chi connectivity index (χ0n) is 14.7. The van der Waals surface area contributed by atoms with Gasteiger partial charge in [-0.25, -0.2) is 4.79 Å². The third-order valence-electron chi connectivity index (χ3n) is 3.96. The van der Waals surface area contributed by atoms with Gasteiger partial charge in [-0.1, -0.05) is 47.5 Å². The Morgan fingerprint density at radius 3 is 2.30 bits per heavy atom. The monoisotopic (exact) mass is 419 g/mol. The lowest BCUT2D eigenvalue weighted by molar-refractivity contribution is -0.137. The van der Waals surface area contributed by atoms with E-state index in [0.29, 0.717) is 12.1 Å². The van der Waals surface area contributed by atoms with Crippen molar-refractivity contribution in [2.75, 3.05) is 6.54 Å². The van der Waals surface area contributed by atoms with Gasteiger partial charge in [0.2, 0.25) is 0 Å². The van der Waals surface area contributed by atoms with E-state index in [1.54, 1.807) is 26.0 Å². The lowest BCUT2D eigenvalue weighted by atomic mass is 10.0. The van der Waals surface area contributed by atoms with Crippen molar-refractivity contribution in [1.29, 1.82) is 0 Å². The van der Waals surface area contributed by atoms with E-state index in [4.69, 9.17) is 28.0 Å². The predicted octanol–water partition coefficient (Wildman–Crippen LogP) is 6.04. The summed E-state index contributed by atoms with van der Waals surface area (Å²) in [4.78, 5) is 17.8. The third-order valence-corrected chi connectivity index (χ3v) is 4.59. The lowest BCUT2D eigenvalue weighted by Gasteiger charge is -2.26. The van der Waals surface area contributed by atoms with Gasteiger partial charge in [-0.05, 0) is 44.0 Å². The molecular weight excluding hydrogens is 402 g/mol. The van der Waals surface area contributed by atoms with E-state index >= 15 is 0 Å². The van der Waals surface area contributed by atoms with Crippen LogP contribution in [-0.4, -0.2) is 23.6 Å². The maximum absolute atomic E-state index is 12.9. The molecule has 0 radical (unpaired) electrons. The van der Waals surface area contributed by atoms with Gasteiger partial charge in [0, 0.05) is 12.6 Å². The van der Waals surface area contributed by atoms with Crippen molar-refractivity contribution < 1.29 is 22.8 Å². The first-order chi connectivity index (χ1) is 12.6. The summed E-state index contributed by atoms with van der Waals surface area (Å²) in [5, 5.41) is 1.71. The topological polar surface area (TPSA) is 29.5 Å². The van der Waals surface area contributed by atoms with E-state index in [2.05, 4.69) is 0 Å². The minimum atomic E-state index is -4.41. The lowest BCUT2D eigenvalue weighted by Crippen LogP contribution is -2.36. The van der Waals surface area contributed by atoms with Crippen molar-refractivity contribution in [2.24, 2.45) is 0 Å². The van der Waals surface area contributed by atoms with E-state index in [-0.39, 0.29) is 28.1 Å². The zero-order chi connectivity index (χ0) is 20.2. The summed E-state index contributed by atoms with van der Waals surface area (Å²) < 4.78 is 38.6. The summed E-state index contributed by atoms with van der Waals surface area (Å²) in [6, 6.07) is 9.36. The van der Waals surface area contributed by atoms with Gasteiger partial charge < -0.3 is 4.84 Å². The van der Waals surface area contributed by atoms with Crippen LogP contribution in [0.2, 0.25) is 10.0 Å². The van der Waals surface area contributed by atoms with Crippen molar-refractivity contribution in [1.82, 2.24) is 5.06 Å². The van der Waals surface area contributed by atoms with E-state index in [9.17, 15) is 18.0 Å². The predicted molar refractivity (Wildman–Crippen MR) is 98.9 cm³/mol. The first-order valence-electron chi connectivity index (χ1n) is 8.22. The number of halogens is 5. The number of benzene rings is 2. The van der Waals surface area contributed by atoms with Crippen molar-refractivity contribution in [3.63, 3.8) is 0 Å². The third kappa shape index (κ3) is 5.61. The molecule has 0 aliphatic carbocycles. The molecule has 2 aromatic rings. The molecule has 0 saturated carbocycles. The highest BCUT2D eigenvalue weighted by molar-refractivity contribution is 6.39. The molecule has 0 fully saturated rings. The number of carbonyl (C=O) groups excluding carboxylic acids is 1. The molecular formula is C19H18Cl2F3NO2. The molecule has 1 atom stereocenters. The van der Waals surface area contributed by atoms with Gasteiger partial charge in [0.15, 0.2) is 0 Å². The van der Waals surface area contributed by atoms with Crippen LogP contribution in [0.5, 0.6) is 0 Å². The number of hydroxylamine groups is 2. The number of hydrogen-bond acceptors (Lipinski definition) is 3. The van der Waals surface area contributed by atoms with Crippen LogP contribution >= 0.6 is 23.2 Å². The average molecular weight is 420 g/mol. The number of rotatable bonds is 6. The second-order valence-electron chi connectivity index (χ2n) is 5.96. The Kier molecular flexibility index (Phi) is 7.14. The number of likely N-dealkylation sites (N-methyl/N-ethyl adjacent to an activating group) is 1. The Bertz CT molecular complexity index is 792. The molecule has 3 nitrogen and oxygen atoms in total. The molecule has 0 aliphatic rings. The molecule has 8 heteroatoms. The summed E-state index contributed by atoms with van der Waals surface area (Å²) in [6.45, 7) is 3.86. The number of carbonyl (C=O) groups is 1. The minimum Gasteiger partial charge on any atom is -0.364 e. The molecule has 0 bridgehead atoms. The average Bonchev–Trinajstić information content (AvgIpc) is 2.59. The molecule has 0 aliphatic heterocycles. The smallest absolute Gasteiger partial charge is 0.364 e. The largest absolute Gasteiger partial charge is 0.416 e. The van der Waals surface area contributed by atoms with Crippen LogP contribution in [0.15, 0.2) is 42.5 Å². The number of nitrogens with zero attached hydrogens (tertiary/aromatic N) is 1. The van der Waals surface area contributed by atoms with Gasteiger partial charge >= 0.3 is 12.1 Å². The van der Waals surface area contributed by atoms with Gasteiger partial charge in [0.1, 0.15) is 0 Å². The summed E-state index contributed by atoms with van der Waals surface area (Å²) in [5.74, 6) is -0.719. The second-order valence-corrected chi connectivity index (χ2v) is 6.77. The van der Waals surface area contributed by atoms with Crippen LogP contribution in [0.3, 0.4) is 0 Å². The summed E-state index contributed by atoms with van der Waals surface area (Å²) >= 11 is 12.0.